The van der Waals surface area contributed by atoms with E-state index in [1.54, 1.807) is 0 Å². The second-order valence-corrected chi connectivity index (χ2v) is 6.75. The van der Waals surface area contributed by atoms with Gasteiger partial charge in [-0.25, -0.2) is 10.0 Å². The van der Waals surface area contributed by atoms with E-state index in [0.29, 0.717) is 11.8 Å². The van der Waals surface area contributed by atoms with E-state index in [2.05, 4.69) is 61.7 Å². The molecule has 0 aromatic carbocycles. The van der Waals surface area contributed by atoms with Crippen molar-refractivity contribution in [1.82, 2.24) is 10.9 Å². The quantitative estimate of drug-likeness (QED) is 0.539. The lowest BCUT2D eigenvalue weighted by Crippen LogP contribution is -2.57. The summed E-state index contributed by atoms with van der Waals surface area (Å²) in [5.74, 6) is 1.49. The maximum absolute atomic E-state index is 10.4. The van der Waals surface area contributed by atoms with Crippen LogP contribution >= 0.6 is 0 Å². The van der Waals surface area contributed by atoms with Gasteiger partial charge in [0, 0.05) is 13.0 Å². The Kier molecular flexibility index (Phi) is 7.57. The first-order chi connectivity index (χ1) is 9.86. The van der Waals surface area contributed by atoms with E-state index in [-0.39, 0.29) is 5.92 Å². The Morgan fingerprint density at radius 3 is 2.76 bits per heavy atom. The number of nitrogens with one attached hydrogen (secondary N) is 2. The topological polar surface area (TPSA) is 47.3 Å². The summed E-state index contributed by atoms with van der Waals surface area (Å²) in [6.45, 7) is 9.33. The van der Waals surface area contributed by atoms with E-state index >= 15 is 0 Å². The predicted octanol–water partition coefficient (Wildman–Crippen LogP) is 2.50. The average Bonchev–Trinajstić information content (AvgIpc) is 2.40. The lowest BCUT2D eigenvalue weighted by atomic mass is 9.79. The third-order valence-electron chi connectivity index (χ3n) is 4.70. The second-order valence-electron chi connectivity index (χ2n) is 6.75. The van der Waals surface area contributed by atoms with Crippen LogP contribution in [0.5, 0.6) is 0 Å². The van der Waals surface area contributed by atoms with Gasteiger partial charge in [-0.2, -0.15) is 0 Å². The normalized spacial score (nSPS) is 35.7. The maximum atomic E-state index is 10.4. The molecule has 0 bridgehead atoms. The summed E-state index contributed by atoms with van der Waals surface area (Å²) in [6.07, 6.45) is 11.0. The van der Waals surface area contributed by atoms with Gasteiger partial charge in [0.15, 0.2) is 6.20 Å². The van der Waals surface area contributed by atoms with E-state index in [9.17, 15) is 5.11 Å². The molecule has 4 atom stereocenters. The van der Waals surface area contributed by atoms with E-state index < -0.39 is 5.72 Å². The summed E-state index contributed by atoms with van der Waals surface area (Å²) in [5.41, 5.74) is 5.39. The smallest absolute Gasteiger partial charge is 0.164 e. The van der Waals surface area contributed by atoms with Gasteiger partial charge in [0.25, 0.3) is 0 Å². The molecule has 21 heavy (non-hydrogen) atoms. The van der Waals surface area contributed by atoms with E-state index in [1.165, 1.54) is 6.42 Å². The molecule has 1 fully saturated rings. The lowest BCUT2D eigenvalue weighted by Gasteiger charge is -2.39. The van der Waals surface area contributed by atoms with Crippen LogP contribution < -0.4 is 10.9 Å². The van der Waals surface area contributed by atoms with Crippen LogP contribution in [0.15, 0.2) is 12.3 Å². The van der Waals surface area contributed by atoms with Gasteiger partial charge >= 0.3 is 0 Å². The molecule has 122 valence electrons. The molecular weight excluding hydrogens is 262 g/mol. The highest BCUT2D eigenvalue weighted by atomic mass is 16.3. The molecule has 1 saturated heterocycles. The first-order valence-electron chi connectivity index (χ1n) is 8.31. The highest BCUT2D eigenvalue weighted by molar-refractivity contribution is 5.50. The van der Waals surface area contributed by atoms with Crippen molar-refractivity contribution in [1.29, 1.82) is 0 Å². The molecule has 1 aliphatic rings. The van der Waals surface area contributed by atoms with Crippen molar-refractivity contribution in [3.05, 3.63) is 12.3 Å². The van der Waals surface area contributed by atoms with Crippen molar-refractivity contribution in [2.24, 2.45) is 17.8 Å². The molecule has 0 spiro atoms. The Balaban J connectivity index is 2.52. The number of allylic oxidation sites excluding steroid dienone is 1. The van der Waals surface area contributed by atoms with Crippen LogP contribution in [0, 0.1) is 17.8 Å². The minimum Gasteiger partial charge on any atom is -0.375 e. The summed E-state index contributed by atoms with van der Waals surface area (Å²) in [6, 6.07) is 0. The molecule has 0 aromatic heterocycles. The fraction of sp³-hybridized carbons (Fsp3) is 0.824. The van der Waals surface area contributed by atoms with Crippen LogP contribution in [0.3, 0.4) is 0 Å². The van der Waals surface area contributed by atoms with Crippen LogP contribution in [0.2, 0.25) is 0 Å². The summed E-state index contributed by atoms with van der Waals surface area (Å²) < 4.78 is 2.13. The fourth-order valence-corrected chi connectivity index (χ4v) is 2.90. The van der Waals surface area contributed by atoms with Crippen LogP contribution in [-0.4, -0.2) is 35.2 Å². The maximum Gasteiger partial charge on any atom is 0.164 e. The molecule has 0 radical (unpaired) electrons. The van der Waals surface area contributed by atoms with Crippen LogP contribution in [0.4, 0.5) is 0 Å². The minimum absolute atomic E-state index is 0.234. The lowest BCUT2D eigenvalue weighted by molar-refractivity contribution is -0.418. The molecule has 4 nitrogen and oxygen atoms in total. The number of aliphatic hydroxyl groups is 1. The summed E-state index contributed by atoms with van der Waals surface area (Å²) in [5, 5.41) is 10.4. The first-order valence-corrected chi connectivity index (χ1v) is 8.31. The van der Waals surface area contributed by atoms with Gasteiger partial charge in [0.2, 0.25) is 0 Å². The van der Waals surface area contributed by atoms with Crippen LogP contribution in [0.1, 0.15) is 53.4 Å². The zero-order valence-corrected chi connectivity index (χ0v) is 14.4. The molecule has 0 aromatic rings. The SMILES string of the molecule is CCC=[N+](C)C=CCCC1CC(C)C(C)(O)NNCC1C. The third kappa shape index (κ3) is 6.29. The molecule has 1 heterocycles. The molecule has 0 aliphatic carbocycles. The summed E-state index contributed by atoms with van der Waals surface area (Å²) in [7, 11) is 2.08. The highest BCUT2D eigenvalue weighted by Crippen LogP contribution is 2.30. The molecule has 0 saturated carbocycles. The number of hydrogen-bond acceptors (Lipinski definition) is 3. The van der Waals surface area contributed by atoms with Crippen molar-refractivity contribution in [2.75, 3.05) is 13.6 Å². The fourth-order valence-electron chi connectivity index (χ4n) is 2.90. The van der Waals surface area contributed by atoms with Crippen molar-refractivity contribution >= 4 is 6.21 Å². The first kappa shape index (κ1) is 18.3. The molecule has 1 rings (SSSR count). The highest BCUT2D eigenvalue weighted by Gasteiger charge is 2.33. The molecular formula is C17H34N3O+. The van der Waals surface area contributed by atoms with Crippen molar-refractivity contribution in [3.8, 4) is 0 Å². The minimum atomic E-state index is -0.829. The Hall–Kier alpha value is -0.710. The third-order valence-corrected chi connectivity index (χ3v) is 4.70. The van der Waals surface area contributed by atoms with Gasteiger partial charge in [0.1, 0.15) is 19.0 Å². The largest absolute Gasteiger partial charge is 0.375 e. The van der Waals surface area contributed by atoms with Gasteiger partial charge in [-0.1, -0.05) is 20.8 Å². The number of hydrogen-bond donors (Lipinski definition) is 3. The van der Waals surface area contributed by atoms with Gasteiger partial charge < -0.3 is 5.11 Å². The summed E-state index contributed by atoms with van der Waals surface area (Å²) in [4.78, 5) is 0. The van der Waals surface area contributed by atoms with Crippen LogP contribution in [-0.2, 0) is 0 Å². The molecule has 4 unspecified atom stereocenters. The Morgan fingerprint density at radius 1 is 1.38 bits per heavy atom. The van der Waals surface area contributed by atoms with Gasteiger partial charge in [0.05, 0.1) is 0 Å². The standard InChI is InChI=1S/C17H34N3O/c1-6-10-20(5)11-8-7-9-16-12-15(3)17(4,21)19-18-13-14(16)2/h8,10-11,14-16,18-19,21H,6-7,9,12-13H2,1-5H3/q+1. The van der Waals surface area contributed by atoms with E-state index in [1.807, 2.05) is 6.92 Å². The Labute approximate surface area is 130 Å². The van der Waals surface area contributed by atoms with Crippen molar-refractivity contribution < 1.29 is 9.68 Å². The molecule has 1 aliphatic heterocycles. The molecule has 0 amide bonds. The Morgan fingerprint density at radius 2 is 2.10 bits per heavy atom. The number of hydrazine groups is 1. The second kappa shape index (κ2) is 8.66. The van der Waals surface area contributed by atoms with Gasteiger partial charge in [-0.15, -0.1) is 0 Å². The molecule has 4 heteroatoms. The van der Waals surface area contributed by atoms with E-state index in [4.69, 9.17) is 0 Å². The summed E-state index contributed by atoms with van der Waals surface area (Å²) >= 11 is 0. The van der Waals surface area contributed by atoms with Gasteiger partial charge in [-0.05, 0) is 50.0 Å². The number of nitrogens with zero attached hydrogens (tertiary/aromatic N) is 1. The van der Waals surface area contributed by atoms with Crippen molar-refractivity contribution in [3.63, 3.8) is 0 Å². The Bertz CT molecular complexity index is 363. The predicted molar refractivity (Wildman–Crippen MR) is 89.1 cm³/mol. The zero-order chi connectivity index (χ0) is 15.9. The average molecular weight is 296 g/mol. The molecule has 3 N–H and O–H groups in total. The van der Waals surface area contributed by atoms with E-state index in [0.717, 1.165) is 25.8 Å². The zero-order valence-electron chi connectivity index (χ0n) is 14.4. The monoisotopic (exact) mass is 296 g/mol. The van der Waals surface area contributed by atoms with Gasteiger partial charge in [-0.3, -0.25) is 5.43 Å². The van der Waals surface area contributed by atoms with Crippen LogP contribution in [0.25, 0.3) is 0 Å². The van der Waals surface area contributed by atoms with Crippen molar-refractivity contribution in [2.45, 2.75) is 59.1 Å². The number of rotatable bonds is 5.